The van der Waals surface area contributed by atoms with Crippen LogP contribution in [0, 0.1) is 11.3 Å². The molecule has 0 spiro atoms. The number of carbonyl (C=O) groups is 3. The summed E-state index contributed by atoms with van der Waals surface area (Å²) in [4.78, 5) is 34.4. The van der Waals surface area contributed by atoms with Gasteiger partial charge in [-0.25, -0.2) is 4.79 Å². The van der Waals surface area contributed by atoms with Crippen molar-refractivity contribution in [1.29, 1.82) is 0 Å². The molecule has 0 aromatic rings. The Morgan fingerprint density at radius 3 is 2.40 bits per heavy atom. The molecule has 1 aliphatic carbocycles. The van der Waals surface area contributed by atoms with E-state index in [2.05, 4.69) is 10.1 Å². The average molecular weight is 287 g/mol. The van der Waals surface area contributed by atoms with Crippen LogP contribution in [0.25, 0.3) is 0 Å². The molecule has 0 heterocycles. The molecule has 0 aliphatic heterocycles. The van der Waals surface area contributed by atoms with Crippen LogP contribution in [-0.2, 0) is 23.8 Å². The molecule has 1 fully saturated rings. The van der Waals surface area contributed by atoms with Gasteiger partial charge in [0.2, 0.25) is 0 Å². The van der Waals surface area contributed by atoms with Crippen molar-refractivity contribution in [3.8, 4) is 0 Å². The Kier molecular flexibility index (Phi) is 4.62. The third-order valence-electron chi connectivity index (χ3n) is 3.00. The minimum absolute atomic E-state index is 0.290. The van der Waals surface area contributed by atoms with E-state index >= 15 is 0 Å². The van der Waals surface area contributed by atoms with Crippen LogP contribution in [0.15, 0.2) is 0 Å². The largest absolute Gasteiger partial charge is 0.469 e. The number of alkyl carbamates (subject to hydrolysis) is 1. The first kappa shape index (κ1) is 16.3. The minimum Gasteiger partial charge on any atom is -0.469 e. The molecule has 0 aromatic carbocycles. The number of rotatable bonds is 4. The zero-order valence-electron chi connectivity index (χ0n) is 12.4. The van der Waals surface area contributed by atoms with Gasteiger partial charge in [-0.05, 0) is 34.1 Å². The van der Waals surface area contributed by atoms with Crippen LogP contribution in [0.1, 0.15) is 34.1 Å². The number of nitrogens with one attached hydrogen (secondary N) is 1. The van der Waals surface area contributed by atoms with Crippen LogP contribution in [0.2, 0.25) is 0 Å². The topological polar surface area (TPSA) is 90.9 Å². The lowest BCUT2D eigenvalue weighted by Gasteiger charge is -2.19. The first-order valence-corrected chi connectivity index (χ1v) is 6.32. The van der Waals surface area contributed by atoms with Crippen molar-refractivity contribution in [3.05, 3.63) is 0 Å². The smallest absolute Gasteiger partial charge is 0.410 e. The monoisotopic (exact) mass is 287 g/mol. The van der Waals surface area contributed by atoms with Gasteiger partial charge in [-0.15, -0.1) is 0 Å². The van der Waals surface area contributed by atoms with Crippen molar-refractivity contribution < 1.29 is 28.6 Å². The Balaban J connectivity index is 2.29. The third kappa shape index (κ3) is 4.11. The third-order valence-corrected chi connectivity index (χ3v) is 3.00. The van der Waals surface area contributed by atoms with Gasteiger partial charge in [0.15, 0.2) is 6.73 Å². The fourth-order valence-electron chi connectivity index (χ4n) is 1.75. The molecular formula is C13H21NO6. The van der Waals surface area contributed by atoms with E-state index in [1.54, 1.807) is 27.7 Å². The molecule has 0 saturated heterocycles. The Morgan fingerprint density at radius 1 is 1.30 bits per heavy atom. The quantitative estimate of drug-likeness (QED) is 0.475. The van der Waals surface area contributed by atoms with Gasteiger partial charge in [0.25, 0.3) is 0 Å². The summed E-state index contributed by atoms with van der Waals surface area (Å²) in [6, 6.07) is 0. The first-order chi connectivity index (χ1) is 9.10. The van der Waals surface area contributed by atoms with Gasteiger partial charge in [-0.2, -0.15) is 0 Å². The van der Waals surface area contributed by atoms with E-state index in [1.165, 1.54) is 7.11 Å². The number of esters is 2. The maximum atomic E-state index is 11.7. The SMILES string of the molecule is COC(=O)C1(C)CC1C(=O)OCNC(=O)OC(C)(C)C. The summed E-state index contributed by atoms with van der Waals surface area (Å²) in [6.07, 6.45) is -0.276. The predicted octanol–water partition coefficient (Wildman–Crippen LogP) is 1.21. The Bertz CT molecular complexity index is 414. The average Bonchev–Trinajstić information content (AvgIpc) is 2.99. The van der Waals surface area contributed by atoms with E-state index in [4.69, 9.17) is 9.47 Å². The van der Waals surface area contributed by atoms with Gasteiger partial charge in [0.05, 0.1) is 18.4 Å². The lowest BCUT2D eigenvalue weighted by molar-refractivity contribution is -0.153. The molecule has 1 amide bonds. The van der Waals surface area contributed by atoms with Crippen molar-refractivity contribution in [1.82, 2.24) is 5.32 Å². The second-order valence-electron chi connectivity index (χ2n) is 5.95. The summed E-state index contributed by atoms with van der Waals surface area (Å²) in [5.74, 6) is -1.48. The molecule has 1 aliphatic rings. The second-order valence-corrected chi connectivity index (χ2v) is 5.95. The molecular weight excluding hydrogens is 266 g/mol. The molecule has 2 atom stereocenters. The maximum Gasteiger partial charge on any atom is 0.410 e. The number of methoxy groups -OCH3 is 1. The van der Waals surface area contributed by atoms with E-state index in [0.717, 1.165) is 0 Å². The zero-order chi connectivity index (χ0) is 15.6. The van der Waals surface area contributed by atoms with Gasteiger partial charge in [0, 0.05) is 0 Å². The molecule has 0 bridgehead atoms. The highest BCUT2D eigenvalue weighted by Crippen LogP contribution is 2.53. The molecule has 1 saturated carbocycles. The van der Waals surface area contributed by atoms with Crippen LogP contribution in [0.5, 0.6) is 0 Å². The van der Waals surface area contributed by atoms with E-state index in [0.29, 0.717) is 6.42 Å². The summed E-state index contributed by atoms with van der Waals surface area (Å²) in [6.45, 7) is 6.54. The second kappa shape index (κ2) is 5.68. The van der Waals surface area contributed by atoms with E-state index in [-0.39, 0.29) is 6.73 Å². The summed E-state index contributed by atoms with van der Waals surface area (Å²) >= 11 is 0. The molecule has 0 radical (unpaired) electrons. The highest BCUT2D eigenvalue weighted by atomic mass is 16.6. The Labute approximate surface area is 117 Å². The van der Waals surface area contributed by atoms with E-state index in [1.807, 2.05) is 0 Å². The van der Waals surface area contributed by atoms with E-state index < -0.39 is 35.0 Å². The van der Waals surface area contributed by atoms with Crippen molar-refractivity contribution >= 4 is 18.0 Å². The van der Waals surface area contributed by atoms with Crippen molar-refractivity contribution in [2.75, 3.05) is 13.8 Å². The molecule has 2 unspecified atom stereocenters. The van der Waals surface area contributed by atoms with Gasteiger partial charge in [-0.1, -0.05) is 0 Å². The minimum atomic E-state index is -0.808. The maximum absolute atomic E-state index is 11.7. The number of hydrogen-bond donors (Lipinski definition) is 1. The Morgan fingerprint density at radius 2 is 1.90 bits per heavy atom. The summed E-state index contributed by atoms with van der Waals surface area (Å²) < 4.78 is 14.5. The Hall–Kier alpha value is -1.79. The fraction of sp³-hybridized carbons (Fsp3) is 0.769. The summed E-state index contributed by atoms with van der Waals surface area (Å²) in [7, 11) is 1.28. The number of hydrogen-bond acceptors (Lipinski definition) is 6. The van der Waals surface area contributed by atoms with Gasteiger partial charge in [-0.3, -0.25) is 14.9 Å². The van der Waals surface area contributed by atoms with Gasteiger partial charge >= 0.3 is 18.0 Å². The van der Waals surface area contributed by atoms with Crippen LogP contribution >= 0.6 is 0 Å². The molecule has 7 nitrogen and oxygen atoms in total. The zero-order valence-corrected chi connectivity index (χ0v) is 12.4. The predicted molar refractivity (Wildman–Crippen MR) is 68.6 cm³/mol. The van der Waals surface area contributed by atoms with Gasteiger partial charge in [0.1, 0.15) is 5.60 Å². The molecule has 114 valence electrons. The lowest BCUT2D eigenvalue weighted by atomic mass is 10.1. The van der Waals surface area contributed by atoms with Gasteiger partial charge < -0.3 is 14.2 Å². The normalized spacial score (nSPS) is 24.6. The fourth-order valence-corrected chi connectivity index (χ4v) is 1.75. The number of ether oxygens (including phenoxy) is 3. The molecule has 20 heavy (non-hydrogen) atoms. The van der Waals surface area contributed by atoms with Crippen LogP contribution < -0.4 is 5.32 Å². The van der Waals surface area contributed by atoms with E-state index in [9.17, 15) is 14.4 Å². The van der Waals surface area contributed by atoms with Crippen molar-refractivity contribution in [2.45, 2.75) is 39.7 Å². The number of carbonyl (C=O) groups excluding carboxylic acids is 3. The van der Waals surface area contributed by atoms with Crippen LogP contribution in [0.3, 0.4) is 0 Å². The van der Waals surface area contributed by atoms with Crippen molar-refractivity contribution in [2.24, 2.45) is 11.3 Å². The highest BCUT2D eigenvalue weighted by Gasteiger charge is 2.62. The summed E-state index contributed by atoms with van der Waals surface area (Å²) in [5, 5.41) is 2.30. The molecule has 0 aromatic heterocycles. The first-order valence-electron chi connectivity index (χ1n) is 6.32. The molecule has 7 heteroatoms. The molecule has 1 N–H and O–H groups in total. The van der Waals surface area contributed by atoms with Crippen LogP contribution in [-0.4, -0.2) is 37.5 Å². The van der Waals surface area contributed by atoms with Crippen LogP contribution in [0.4, 0.5) is 4.79 Å². The lowest BCUT2D eigenvalue weighted by Crippen LogP contribution is -2.34. The highest BCUT2D eigenvalue weighted by molar-refractivity contribution is 5.90. The summed E-state index contributed by atoms with van der Waals surface area (Å²) in [5.41, 5.74) is -1.42. The molecule has 1 rings (SSSR count). The van der Waals surface area contributed by atoms with Crippen molar-refractivity contribution in [3.63, 3.8) is 0 Å². The number of amides is 1. The standard InChI is InChI=1S/C13H21NO6/c1-12(2,3)20-11(17)14-7-19-9(15)8-6-13(8,4)10(16)18-5/h8H,6-7H2,1-5H3,(H,14,17).